The largest absolute Gasteiger partial charge is 0.310 e. The normalized spacial score (nSPS) is 16.2. The summed E-state index contributed by atoms with van der Waals surface area (Å²) in [6.07, 6.45) is 0.0714. The predicted molar refractivity (Wildman–Crippen MR) is 103 cm³/mol. The summed E-state index contributed by atoms with van der Waals surface area (Å²) in [4.78, 5) is 17.0. The number of carbonyl (C=O) groups is 1. The highest BCUT2D eigenvalue weighted by atomic mass is 32.1. The van der Waals surface area contributed by atoms with E-state index >= 15 is 0 Å². The van der Waals surface area contributed by atoms with Crippen LogP contribution >= 0.6 is 11.3 Å². The molecule has 3 heterocycles. The van der Waals surface area contributed by atoms with Crippen LogP contribution in [0.4, 0.5) is 14.6 Å². The first-order valence-corrected chi connectivity index (χ1v) is 9.53. The second kappa shape index (κ2) is 6.20. The topological polar surface area (TPSA) is 59.8 Å². The van der Waals surface area contributed by atoms with Crippen molar-refractivity contribution < 1.29 is 13.6 Å². The molecule has 5 rings (SSSR count). The smallest absolute Gasteiger partial charge is 0.226 e. The van der Waals surface area contributed by atoms with Gasteiger partial charge >= 0.3 is 0 Å². The van der Waals surface area contributed by atoms with Crippen molar-refractivity contribution >= 4 is 33.3 Å². The summed E-state index contributed by atoms with van der Waals surface area (Å²) in [5, 5.41) is 8.04. The zero-order chi connectivity index (χ0) is 19.4. The summed E-state index contributed by atoms with van der Waals surface area (Å²) in [5.74, 6) is -1.61. The van der Waals surface area contributed by atoms with Gasteiger partial charge in [0.15, 0.2) is 0 Å². The number of hydrogen-bond acceptors (Lipinski definition) is 4. The lowest BCUT2D eigenvalue weighted by Crippen LogP contribution is -2.25. The quantitative estimate of drug-likeness (QED) is 0.541. The molecule has 1 aliphatic heterocycles. The van der Waals surface area contributed by atoms with Crippen molar-refractivity contribution in [2.75, 3.05) is 5.32 Å². The Morgan fingerprint density at radius 2 is 2.04 bits per heavy atom. The molecule has 1 amide bonds. The van der Waals surface area contributed by atoms with Gasteiger partial charge in [0.1, 0.15) is 17.5 Å². The van der Waals surface area contributed by atoms with Crippen LogP contribution in [0.5, 0.6) is 0 Å². The Morgan fingerprint density at radius 3 is 2.82 bits per heavy atom. The first-order valence-electron chi connectivity index (χ1n) is 8.71. The number of aryl methyl sites for hydroxylation is 1. The van der Waals surface area contributed by atoms with Gasteiger partial charge in [-0.15, -0.1) is 0 Å². The van der Waals surface area contributed by atoms with Gasteiger partial charge in [-0.3, -0.25) is 4.79 Å². The number of hydrogen-bond donors (Lipinski definition) is 1. The van der Waals surface area contributed by atoms with Gasteiger partial charge in [0.2, 0.25) is 11.0 Å². The van der Waals surface area contributed by atoms with E-state index in [0.717, 1.165) is 21.8 Å². The molecule has 0 bridgehead atoms. The highest BCUT2D eigenvalue weighted by Gasteiger charge is 2.34. The van der Waals surface area contributed by atoms with Gasteiger partial charge < -0.3 is 5.32 Å². The SMILES string of the molecule is Cc1nn(-c2nc3ccccc3s2)c2c1C(c1ccc(F)cc1F)CC(=O)N2. The molecular weight excluding hydrogens is 382 g/mol. The van der Waals surface area contributed by atoms with Crippen LogP contribution in [-0.4, -0.2) is 20.7 Å². The van der Waals surface area contributed by atoms with Crippen LogP contribution in [-0.2, 0) is 4.79 Å². The Morgan fingerprint density at radius 1 is 1.21 bits per heavy atom. The molecule has 0 spiro atoms. The average Bonchev–Trinajstić information content (AvgIpc) is 3.22. The molecule has 1 aliphatic rings. The van der Waals surface area contributed by atoms with Crippen LogP contribution in [0.1, 0.15) is 29.2 Å². The minimum Gasteiger partial charge on any atom is -0.310 e. The number of thiazole rings is 1. The molecule has 5 nitrogen and oxygen atoms in total. The first kappa shape index (κ1) is 17.0. The van der Waals surface area contributed by atoms with Crippen molar-refractivity contribution in [1.29, 1.82) is 0 Å². The minimum absolute atomic E-state index is 0.0714. The second-order valence-electron chi connectivity index (χ2n) is 6.69. The third-order valence-corrected chi connectivity index (χ3v) is 5.92. The number of rotatable bonds is 2. The Kier molecular flexibility index (Phi) is 3.77. The lowest BCUT2D eigenvalue weighted by molar-refractivity contribution is -0.116. The predicted octanol–water partition coefficient (Wildman–Crippen LogP) is 4.54. The summed E-state index contributed by atoms with van der Waals surface area (Å²) in [7, 11) is 0. The Balaban J connectivity index is 1.69. The van der Waals surface area contributed by atoms with Gasteiger partial charge in [-0.05, 0) is 30.7 Å². The van der Waals surface area contributed by atoms with Crippen molar-refractivity contribution in [2.24, 2.45) is 0 Å². The molecule has 2 aromatic heterocycles. The van der Waals surface area contributed by atoms with Gasteiger partial charge in [-0.2, -0.15) is 9.78 Å². The number of aromatic nitrogens is 3. The van der Waals surface area contributed by atoms with Gasteiger partial charge in [0.05, 0.1) is 15.9 Å². The summed E-state index contributed by atoms with van der Waals surface area (Å²) in [6, 6.07) is 11.2. The molecule has 1 unspecified atom stereocenters. The first-order chi connectivity index (χ1) is 13.5. The Bertz CT molecular complexity index is 1210. The third-order valence-electron chi connectivity index (χ3n) is 4.90. The van der Waals surface area contributed by atoms with Crippen LogP contribution in [0.2, 0.25) is 0 Å². The summed E-state index contributed by atoms with van der Waals surface area (Å²) >= 11 is 1.45. The molecule has 0 aliphatic carbocycles. The third kappa shape index (κ3) is 2.60. The number of para-hydroxylation sites is 1. The summed E-state index contributed by atoms with van der Waals surface area (Å²) < 4.78 is 30.4. The molecule has 140 valence electrons. The Hall–Kier alpha value is -3.13. The molecular formula is C20H14F2N4OS. The van der Waals surface area contributed by atoms with E-state index in [0.29, 0.717) is 16.6 Å². The molecule has 8 heteroatoms. The van der Waals surface area contributed by atoms with Gasteiger partial charge in [-0.25, -0.2) is 13.8 Å². The number of halogens is 2. The zero-order valence-electron chi connectivity index (χ0n) is 14.7. The molecule has 0 saturated heterocycles. The molecule has 0 radical (unpaired) electrons. The Labute approximate surface area is 162 Å². The number of fused-ring (bicyclic) bond motifs is 2. The van der Waals surface area contributed by atoms with Gasteiger partial charge in [-0.1, -0.05) is 29.5 Å². The van der Waals surface area contributed by atoms with E-state index in [1.54, 1.807) is 4.68 Å². The fraction of sp³-hybridized carbons (Fsp3) is 0.150. The number of nitrogens with one attached hydrogen (secondary N) is 1. The van der Waals surface area contributed by atoms with E-state index in [2.05, 4.69) is 15.4 Å². The van der Waals surface area contributed by atoms with Crippen LogP contribution in [0, 0.1) is 18.6 Å². The van der Waals surface area contributed by atoms with Crippen molar-refractivity contribution in [3.05, 3.63) is 70.9 Å². The molecule has 4 aromatic rings. The van der Waals surface area contributed by atoms with Gasteiger partial charge in [0.25, 0.3) is 0 Å². The van der Waals surface area contributed by atoms with Crippen molar-refractivity contribution in [1.82, 2.24) is 14.8 Å². The zero-order valence-corrected chi connectivity index (χ0v) is 15.6. The fourth-order valence-corrected chi connectivity index (χ4v) is 4.61. The second-order valence-corrected chi connectivity index (χ2v) is 7.70. The van der Waals surface area contributed by atoms with E-state index < -0.39 is 17.6 Å². The van der Waals surface area contributed by atoms with Crippen molar-refractivity contribution in [3.8, 4) is 5.13 Å². The average molecular weight is 396 g/mol. The fourth-order valence-electron chi connectivity index (χ4n) is 3.69. The molecule has 28 heavy (non-hydrogen) atoms. The summed E-state index contributed by atoms with van der Waals surface area (Å²) in [6.45, 7) is 1.81. The van der Waals surface area contributed by atoms with E-state index in [1.165, 1.54) is 23.5 Å². The van der Waals surface area contributed by atoms with Crippen molar-refractivity contribution in [3.63, 3.8) is 0 Å². The lowest BCUT2D eigenvalue weighted by Gasteiger charge is -2.24. The van der Waals surface area contributed by atoms with E-state index in [9.17, 15) is 13.6 Å². The van der Waals surface area contributed by atoms with Crippen LogP contribution < -0.4 is 5.32 Å². The van der Waals surface area contributed by atoms with Crippen molar-refractivity contribution in [2.45, 2.75) is 19.3 Å². The maximum Gasteiger partial charge on any atom is 0.226 e. The monoisotopic (exact) mass is 396 g/mol. The molecule has 1 N–H and O–H groups in total. The number of benzene rings is 2. The van der Waals surface area contributed by atoms with E-state index in [1.807, 2.05) is 31.2 Å². The molecule has 1 atom stereocenters. The standard InChI is InChI=1S/C20H14F2N4OS/c1-10-18-13(12-7-6-11(21)8-14(12)22)9-17(27)24-19(18)26(25-10)20-23-15-4-2-3-5-16(15)28-20/h2-8,13H,9H2,1H3,(H,24,27). The maximum atomic E-state index is 14.4. The molecule has 2 aromatic carbocycles. The van der Waals surface area contributed by atoms with Crippen LogP contribution in [0.15, 0.2) is 42.5 Å². The maximum absolute atomic E-state index is 14.4. The van der Waals surface area contributed by atoms with E-state index in [-0.39, 0.29) is 17.9 Å². The van der Waals surface area contributed by atoms with Gasteiger partial charge in [0, 0.05) is 24.0 Å². The van der Waals surface area contributed by atoms with E-state index in [4.69, 9.17) is 0 Å². The minimum atomic E-state index is -0.669. The highest BCUT2D eigenvalue weighted by molar-refractivity contribution is 7.20. The summed E-state index contributed by atoms with van der Waals surface area (Å²) in [5.41, 5.74) is 2.52. The molecule has 0 fully saturated rings. The van der Waals surface area contributed by atoms with Crippen LogP contribution in [0.3, 0.4) is 0 Å². The number of carbonyl (C=O) groups excluding carboxylic acids is 1. The van der Waals surface area contributed by atoms with Crippen LogP contribution in [0.25, 0.3) is 15.3 Å². The lowest BCUT2D eigenvalue weighted by atomic mass is 9.85. The number of anilines is 1. The number of amides is 1. The number of nitrogens with zero attached hydrogens (tertiary/aromatic N) is 3. The molecule has 0 saturated carbocycles. The highest BCUT2D eigenvalue weighted by Crippen LogP contribution is 2.41.